The van der Waals surface area contributed by atoms with Crippen molar-refractivity contribution in [1.82, 2.24) is 4.90 Å². The lowest BCUT2D eigenvalue weighted by molar-refractivity contribution is 0.0997. The van der Waals surface area contributed by atoms with Crippen LogP contribution in [0.2, 0.25) is 0 Å². The van der Waals surface area contributed by atoms with Crippen molar-refractivity contribution in [2.24, 2.45) is 5.73 Å². The first kappa shape index (κ1) is 14.5. The Balaban J connectivity index is 2.34. The van der Waals surface area contributed by atoms with Crippen molar-refractivity contribution in [3.8, 4) is 0 Å². The third-order valence-electron chi connectivity index (χ3n) is 4.98. The minimum atomic E-state index is 0.0784. The molecule has 106 valence electrons. The zero-order valence-corrected chi connectivity index (χ0v) is 12.9. The lowest BCUT2D eigenvalue weighted by atomic mass is 9.81. The van der Waals surface area contributed by atoms with Crippen molar-refractivity contribution in [2.75, 3.05) is 13.1 Å². The summed E-state index contributed by atoms with van der Waals surface area (Å²) in [5.74, 6) is 0. The summed E-state index contributed by atoms with van der Waals surface area (Å²) < 4.78 is 0. The van der Waals surface area contributed by atoms with E-state index in [2.05, 4.69) is 50.8 Å². The average molecular weight is 260 g/mol. The molecule has 19 heavy (non-hydrogen) atoms. The Bertz CT molecular complexity index is 435. The van der Waals surface area contributed by atoms with Gasteiger partial charge in [0.1, 0.15) is 0 Å². The lowest BCUT2D eigenvalue weighted by Gasteiger charge is -2.43. The smallest absolute Gasteiger partial charge is 0.0482 e. The summed E-state index contributed by atoms with van der Waals surface area (Å²) in [6.07, 6.45) is 3.73. The van der Waals surface area contributed by atoms with E-state index in [1.165, 1.54) is 42.6 Å². The Labute approximate surface area is 118 Å². The molecule has 2 N–H and O–H groups in total. The van der Waals surface area contributed by atoms with E-state index in [4.69, 9.17) is 5.73 Å². The van der Waals surface area contributed by atoms with Crippen LogP contribution in [-0.4, -0.2) is 23.5 Å². The van der Waals surface area contributed by atoms with Crippen LogP contribution in [0, 0.1) is 13.8 Å². The van der Waals surface area contributed by atoms with Gasteiger partial charge in [0.25, 0.3) is 0 Å². The van der Waals surface area contributed by atoms with E-state index < -0.39 is 0 Å². The van der Waals surface area contributed by atoms with Gasteiger partial charge in [0, 0.05) is 11.6 Å². The predicted molar refractivity (Wildman–Crippen MR) is 82.3 cm³/mol. The number of nitrogens with two attached hydrogens (primary N) is 1. The van der Waals surface area contributed by atoms with Crippen molar-refractivity contribution in [3.63, 3.8) is 0 Å². The topological polar surface area (TPSA) is 29.3 Å². The highest BCUT2D eigenvalue weighted by Gasteiger charge is 2.38. The standard InChI is InChI=1S/C17H28N2/c1-5-17(4,19-10-6-7-11-19)16(18)15-12-13(2)8-9-14(15)3/h8-9,12,16H,5-7,10-11,18H2,1-4H3. The highest BCUT2D eigenvalue weighted by atomic mass is 15.2. The number of hydrogen-bond donors (Lipinski definition) is 1. The number of hydrogen-bond acceptors (Lipinski definition) is 2. The van der Waals surface area contributed by atoms with Crippen LogP contribution in [0.25, 0.3) is 0 Å². The van der Waals surface area contributed by atoms with Crippen molar-refractivity contribution >= 4 is 0 Å². The molecule has 2 heteroatoms. The first-order chi connectivity index (χ1) is 8.99. The maximum Gasteiger partial charge on any atom is 0.0482 e. The van der Waals surface area contributed by atoms with Gasteiger partial charge in [-0.1, -0.05) is 30.7 Å². The average Bonchev–Trinajstić information content (AvgIpc) is 2.94. The van der Waals surface area contributed by atoms with E-state index in [-0.39, 0.29) is 11.6 Å². The van der Waals surface area contributed by atoms with Crippen LogP contribution in [0.15, 0.2) is 18.2 Å². The van der Waals surface area contributed by atoms with Crippen LogP contribution in [0.4, 0.5) is 0 Å². The van der Waals surface area contributed by atoms with Crippen molar-refractivity contribution in [1.29, 1.82) is 0 Å². The zero-order chi connectivity index (χ0) is 14.0. The van der Waals surface area contributed by atoms with Crippen LogP contribution in [0.5, 0.6) is 0 Å². The fraction of sp³-hybridized carbons (Fsp3) is 0.647. The fourth-order valence-electron chi connectivity index (χ4n) is 3.30. The summed E-state index contributed by atoms with van der Waals surface area (Å²) in [6, 6.07) is 6.73. The molecule has 0 saturated carbocycles. The molecule has 0 bridgehead atoms. The molecule has 2 unspecified atom stereocenters. The molecule has 2 atom stereocenters. The zero-order valence-electron chi connectivity index (χ0n) is 12.9. The molecule has 2 rings (SSSR count). The summed E-state index contributed by atoms with van der Waals surface area (Å²) in [5, 5.41) is 0. The number of benzene rings is 1. The molecule has 1 fully saturated rings. The number of rotatable bonds is 4. The van der Waals surface area contributed by atoms with Gasteiger partial charge in [0.05, 0.1) is 0 Å². The normalized spacial score (nSPS) is 21.3. The second-order valence-corrected chi connectivity index (χ2v) is 6.24. The quantitative estimate of drug-likeness (QED) is 0.896. The van der Waals surface area contributed by atoms with Crippen LogP contribution in [0.3, 0.4) is 0 Å². The molecule has 2 nitrogen and oxygen atoms in total. The first-order valence-corrected chi connectivity index (χ1v) is 7.57. The second-order valence-electron chi connectivity index (χ2n) is 6.24. The van der Waals surface area contributed by atoms with Crippen molar-refractivity contribution in [3.05, 3.63) is 34.9 Å². The minimum absolute atomic E-state index is 0.0784. The third kappa shape index (κ3) is 2.70. The molecule has 0 radical (unpaired) electrons. The number of likely N-dealkylation sites (tertiary alicyclic amines) is 1. The number of nitrogens with zero attached hydrogens (tertiary/aromatic N) is 1. The van der Waals surface area contributed by atoms with Crippen LogP contribution < -0.4 is 5.73 Å². The van der Waals surface area contributed by atoms with E-state index in [0.29, 0.717) is 0 Å². The molecule has 0 amide bonds. The Morgan fingerprint density at radius 1 is 1.26 bits per heavy atom. The molecule has 1 aliphatic heterocycles. The van der Waals surface area contributed by atoms with Gasteiger partial charge in [-0.2, -0.15) is 0 Å². The Hall–Kier alpha value is -0.860. The van der Waals surface area contributed by atoms with E-state index in [1.807, 2.05) is 0 Å². The molecule has 0 aromatic heterocycles. The maximum atomic E-state index is 6.69. The predicted octanol–water partition coefficient (Wildman–Crippen LogP) is 3.57. The van der Waals surface area contributed by atoms with Crippen molar-refractivity contribution in [2.45, 2.75) is 58.5 Å². The monoisotopic (exact) mass is 260 g/mol. The fourth-order valence-corrected chi connectivity index (χ4v) is 3.30. The van der Waals surface area contributed by atoms with Gasteiger partial charge in [-0.25, -0.2) is 0 Å². The Kier molecular flexibility index (Phi) is 4.32. The first-order valence-electron chi connectivity index (χ1n) is 7.57. The van der Waals surface area contributed by atoms with Gasteiger partial charge >= 0.3 is 0 Å². The molecular weight excluding hydrogens is 232 g/mol. The summed E-state index contributed by atoms with van der Waals surface area (Å²) in [7, 11) is 0. The van der Waals surface area contributed by atoms with Gasteiger partial charge < -0.3 is 5.73 Å². The highest BCUT2D eigenvalue weighted by Crippen LogP contribution is 2.36. The lowest BCUT2D eigenvalue weighted by Crippen LogP contribution is -2.52. The molecule has 1 heterocycles. The summed E-state index contributed by atoms with van der Waals surface area (Å²) in [4.78, 5) is 2.60. The van der Waals surface area contributed by atoms with Crippen LogP contribution in [-0.2, 0) is 0 Å². The van der Waals surface area contributed by atoms with Gasteiger partial charge in [-0.3, -0.25) is 4.90 Å². The second kappa shape index (κ2) is 5.64. The maximum absolute atomic E-state index is 6.69. The Morgan fingerprint density at radius 3 is 2.47 bits per heavy atom. The largest absolute Gasteiger partial charge is 0.322 e. The van der Waals surface area contributed by atoms with E-state index in [9.17, 15) is 0 Å². The Morgan fingerprint density at radius 2 is 1.89 bits per heavy atom. The third-order valence-corrected chi connectivity index (χ3v) is 4.98. The summed E-state index contributed by atoms with van der Waals surface area (Å²) >= 11 is 0. The van der Waals surface area contributed by atoms with Crippen LogP contribution >= 0.6 is 0 Å². The van der Waals surface area contributed by atoms with E-state index in [1.54, 1.807) is 0 Å². The van der Waals surface area contributed by atoms with Gasteiger partial charge in [0.15, 0.2) is 0 Å². The van der Waals surface area contributed by atoms with E-state index >= 15 is 0 Å². The van der Waals surface area contributed by atoms with Crippen molar-refractivity contribution < 1.29 is 0 Å². The molecule has 1 aromatic carbocycles. The van der Waals surface area contributed by atoms with E-state index in [0.717, 1.165) is 6.42 Å². The van der Waals surface area contributed by atoms with Gasteiger partial charge in [-0.15, -0.1) is 0 Å². The van der Waals surface area contributed by atoms with Crippen LogP contribution in [0.1, 0.15) is 55.8 Å². The molecular formula is C17H28N2. The highest BCUT2D eigenvalue weighted by molar-refractivity contribution is 5.34. The molecule has 1 aliphatic rings. The SMILES string of the molecule is CCC(C)(C(N)c1cc(C)ccc1C)N1CCCC1. The molecule has 1 saturated heterocycles. The molecule has 1 aromatic rings. The molecule has 0 spiro atoms. The minimum Gasteiger partial charge on any atom is -0.322 e. The van der Waals surface area contributed by atoms with Gasteiger partial charge in [0.2, 0.25) is 0 Å². The van der Waals surface area contributed by atoms with Gasteiger partial charge in [-0.05, 0) is 64.3 Å². The number of aryl methyl sites for hydroxylation is 2. The molecule has 0 aliphatic carbocycles. The summed E-state index contributed by atoms with van der Waals surface area (Å²) in [5.41, 5.74) is 10.7. The summed E-state index contributed by atoms with van der Waals surface area (Å²) in [6.45, 7) is 11.3.